The molecule has 0 amide bonds. The molecule has 0 saturated carbocycles. The van der Waals surface area contributed by atoms with Crippen LogP contribution >= 0.6 is 12.4 Å². The van der Waals surface area contributed by atoms with Crippen LogP contribution in [0.5, 0.6) is 0 Å². The summed E-state index contributed by atoms with van der Waals surface area (Å²) < 4.78 is 4.98. The molecule has 0 bridgehead atoms. The van der Waals surface area contributed by atoms with E-state index in [9.17, 15) is 4.79 Å². The van der Waals surface area contributed by atoms with Crippen molar-refractivity contribution >= 4 is 18.4 Å². The zero-order valence-corrected chi connectivity index (χ0v) is 9.39. The summed E-state index contributed by atoms with van der Waals surface area (Å²) in [6.07, 6.45) is 2.09. The molecule has 0 radical (unpaired) electrons. The van der Waals surface area contributed by atoms with Gasteiger partial charge in [-0.05, 0) is 12.8 Å². The fourth-order valence-electron chi connectivity index (χ4n) is 0.856. The Hall–Kier alpha value is -0.280. The van der Waals surface area contributed by atoms with Crippen molar-refractivity contribution in [3.05, 3.63) is 0 Å². The van der Waals surface area contributed by atoms with Crippen LogP contribution in [0.3, 0.4) is 0 Å². The van der Waals surface area contributed by atoms with Gasteiger partial charge >= 0.3 is 5.97 Å². The van der Waals surface area contributed by atoms with Gasteiger partial charge in [-0.1, -0.05) is 26.7 Å². The third-order valence-electron chi connectivity index (χ3n) is 1.99. The summed E-state index contributed by atoms with van der Waals surface area (Å²) in [6.45, 7) is 6.32. The highest BCUT2D eigenvalue weighted by Gasteiger charge is 2.11. The number of hydrogen-bond donors (Lipinski definition) is 1. The van der Waals surface area contributed by atoms with Crippen LogP contribution in [0.1, 0.15) is 33.6 Å². The second-order valence-electron chi connectivity index (χ2n) is 3.10. The lowest BCUT2D eigenvalue weighted by atomic mass is 10.1. The Labute approximate surface area is 86.4 Å². The van der Waals surface area contributed by atoms with Crippen LogP contribution in [0.2, 0.25) is 0 Å². The summed E-state index contributed by atoms with van der Waals surface area (Å²) in [6, 6.07) is -0.501. The third-order valence-corrected chi connectivity index (χ3v) is 1.99. The summed E-state index contributed by atoms with van der Waals surface area (Å²) in [5.41, 5.74) is 5.33. The molecule has 0 aliphatic carbocycles. The van der Waals surface area contributed by atoms with Crippen molar-refractivity contribution in [3.8, 4) is 0 Å². The number of ether oxygens (including phenoxy) is 1. The molecule has 0 spiro atoms. The first-order valence-corrected chi connectivity index (χ1v) is 4.54. The molecule has 4 heteroatoms. The monoisotopic (exact) mass is 209 g/mol. The van der Waals surface area contributed by atoms with Crippen LogP contribution in [0.4, 0.5) is 0 Å². The maximum atomic E-state index is 10.9. The zero-order chi connectivity index (χ0) is 9.56. The van der Waals surface area contributed by atoms with Crippen LogP contribution in [0.15, 0.2) is 0 Å². The molecule has 0 heterocycles. The van der Waals surface area contributed by atoms with Gasteiger partial charge in [-0.15, -0.1) is 12.4 Å². The van der Waals surface area contributed by atoms with Gasteiger partial charge < -0.3 is 10.5 Å². The lowest BCUT2D eigenvalue weighted by molar-refractivity contribution is -0.146. The summed E-state index contributed by atoms with van der Waals surface area (Å²) in [7, 11) is 0. The highest BCUT2D eigenvalue weighted by molar-refractivity contribution is 5.85. The second kappa shape index (κ2) is 8.32. The molecular weight excluding hydrogens is 190 g/mol. The first kappa shape index (κ1) is 15.2. The minimum absolute atomic E-state index is 0. The average Bonchev–Trinajstić information content (AvgIpc) is 2.05. The SMILES string of the molecule is CCC(CC)COC(=O)[C@@H](C)N.Cl. The molecule has 0 aromatic carbocycles. The van der Waals surface area contributed by atoms with Crippen molar-refractivity contribution in [1.82, 2.24) is 0 Å². The predicted octanol–water partition coefficient (Wildman–Crippen LogP) is 1.73. The van der Waals surface area contributed by atoms with E-state index in [1.54, 1.807) is 6.92 Å². The molecule has 0 fully saturated rings. The van der Waals surface area contributed by atoms with Gasteiger partial charge in [-0.25, -0.2) is 0 Å². The van der Waals surface area contributed by atoms with Crippen LogP contribution in [0, 0.1) is 5.92 Å². The smallest absolute Gasteiger partial charge is 0.322 e. The summed E-state index contributed by atoms with van der Waals surface area (Å²) >= 11 is 0. The Balaban J connectivity index is 0. The molecule has 3 nitrogen and oxygen atoms in total. The van der Waals surface area contributed by atoms with E-state index in [-0.39, 0.29) is 18.4 Å². The fourth-order valence-corrected chi connectivity index (χ4v) is 0.856. The van der Waals surface area contributed by atoms with Gasteiger partial charge in [-0.3, -0.25) is 4.79 Å². The number of nitrogens with two attached hydrogens (primary N) is 1. The molecule has 0 aliphatic heterocycles. The van der Waals surface area contributed by atoms with Gasteiger partial charge in [0.1, 0.15) is 6.04 Å². The standard InChI is InChI=1S/C9H19NO2.ClH/c1-4-8(5-2)6-12-9(11)7(3)10;/h7-8H,4-6,10H2,1-3H3;1H/t7-;/m1./s1. The highest BCUT2D eigenvalue weighted by Crippen LogP contribution is 2.07. The number of hydrogen-bond acceptors (Lipinski definition) is 3. The molecule has 0 aromatic rings. The average molecular weight is 210 g/mol. The lowest BCUT2D eigenvalue weighted by Crippen LogP contribution is -2.30. The van der Waals surface area contributed by atoms with Gasteiger partial charge in [0.25, 0.3) is 0 Å². The van der Waals surface area contributed by atoms with Crippen molar-refractivity contribution in [3.63, 3.8) is 0 Å². The Morgan fingerprint density at radius 3 is 2.15 bits per heavy atom. The molecule has 80 valence electrons. The molecule has 0 saturated heterocycles. The number of carbonyl (C=O) groups is 1. The van der Waals surface area contributed by atoms with Gasteiger partial charge in [0, 0.05) is 0 Å². The van der Waals surface area contributed by atoms with Crippen LogP contribution in [-0.4, -0.2) is 18.6 Å². The topological polar surface area (TPSA) is 52.3 Å². The van der Waals surface area contributed by atoms with Gasteiger partial charge in [0.05, 0.1) is 6.61 Å². The molecular formula is C9H20ClNO2. The van der Waals surface area contributed by atoms with E-state index in [4.69, 9.17) is 10.5 Å². The summed E-state index contributed by atoms with van der Waals surface area (Å²) in [5.74, 6) is 0.176. The molecule has 13 heavy (non-hydrogen) atoms. The molecule has 0 unspecified atom stereocenters. The fraction of sp³-hybridized carbons (Fsp3) is 0.889. The summed E-state index contributed by atoms with van der Waals surface area (Å²) in [5, 5.41) is 0. The minimum atomic E-state index is -0.501. The van der Waals surface area contributed by atoms with E-state index in [0.29, 0.717) is 12.5 Å². The number of rotatable bonds is 5. The Morgan fingerprint density at radius 1 is 1.38 bits per heavy atom. The Morgan fingerprint density at radius 2 is 1.85 bits per heavy atom. The number of halogens is 1. The number of carbonyl (C=O) groups excluding carboxylic acids is 1. The first-order chi connectivity index (χ1) is 5.61. The van der Waals surface area contributed by atoms with Crippen molar-refractivity contribution < 1.29 is 9.53 Å². The minimum Gasteiger partial charge on any atom is -0.464 e. The largest absolute Gasteiger partial charge is 0.464 e. The normalized spacial score (nSPS) is 12.1. The lowest BCUT2D eigenvalue weighted by Gasteiger charge is -2.13. The van der Waals surface area contributed by atoms with E-state index in [0.717, 1.165) is 12.8 Å². The van der Waals surface area contributed by atoms with Crippen molar-refractivity contribution in [2.24, 2.45) is 11.7 Å². The Kier molecular flexibility index (Phi) is 9.74. The van der Waals surface area contributed by atoms with Crippen LogP contribution < -0.4 is 5.73 Å². The van der Waals surface area contributed by atoms with Crippen molar-refractivity contribution in [1.29, 1.82) is 0 Å². The maximum absolute atomic E-state index is 10.9. The second-order valence-corrected chi connectivity index (χ2v) is 3.10. The van der Waals surface area contributed by atoms with E-state index >= 15 is 0 Å². The summed E-state index contributed by atoms with van der Waals surface area (Å²) in [4.78, 5) is 10.9. The zero-order valence-electron chi connectivity index (χ0n) is 8.58. The van der Waals surface area contributed by atoms with Crippen molar-refractivity contribution in [2.45, 2.75) is 39.7 Å². The Bertz CT molecular complexity index is 136. The quantitative estimate of drug-likeness (QED) is 0.702. The van der Waals surface area contributed by atoms with Gasteiger partial charge in [0.2, 0.25) is 0 Å². The molecule has 2 N–H and O–H groups in total. The molecule has 0 aliphatic rings. The van der Waals surface area contributed by atoms with Crippen LogP contribution in [0.25, 0.3) is 0 Å². The van der Waals surface area contributed by atoms with Gasteiger partial charge in [-0.2, -0.15) is 0 Å². The number of esters is 1. The van der Waals surface area contributed by atoms with Gasteiger partial charge in [0.15, 0.2) is 0 Å². The molecule has 0 aromatic heterocycles. The van der Waals surface area contributed by atoms with E-state index in [1.807, 2.05) is 0 Å². The highest BCUT2D eigenvalue weighted by atomic mass is 35.5. The van der Waals surface area contributed by atoms with Crippen LogP contribution in [-0.2, 0) is 9.53 Å². The van der Waals surface area contributed by atoms with Crippen molar-refractivity contribution in [2.75, 3.05) is 6.61 Å². The molecule has 1 atom stereocenters. The van der Waals surface area contributed by atoms with E-state index in [1.165, 1.54) is 0 Å². The maximum Gasteiger partial charge on any atom is 0.322 e. The molecule has 0 rings (SSSR count). The first-order valence-electron chi connectivity index (χ1n) is 4.54. The van der Waals surface area contributed by atoms with E-state index in [2.05, 4.69) is 13.8 Å². The van der Waals surface area contributed by atoms with E-state index < -0.39 is 6.04 Å². The predicted molar refractivity (Wildman–Crippen MR) is 55.9 cm³/mol. The third kappa shape index (κ3) is 6.84.